The highest BCUT2D eigenvalue weighted by Gasteiger charge is 2.32. The van der Waals surface area contributed by atoms with Gasteiger partial charge in [0, 0.05) is 5.69 Å². The fourth-order valence-corrected chi connectivity index (χ4v) is 1.76. The van der Waals surface area contributed by atoms with Crippen LogP contribution in [0, 0.1) is 6.92 Å². The van der Waals surface area contributed by atoms with Crippen molar-refractivity contribution in [3.05, 3.63) is 16.4 Å². The molecule has 0 aromatic carbocycles. The summed E-state index contributed by atoms with van der Waals surface area (Å²) in [4.78, 5) is 0. The molecule has 0 amide bonds. The summed E-state index contributed by atoms with van der Waals surface area (Å²) in [5.41, 5.74) is 1.10. The minimum absolute atomic E-state index is 0.199. The van der Waals surface area contributed by atoms with E-state index in [4.69, 9.17) is 0 Å². The van der Waals surface area contributed by atoms with E-state index in [1.165, 1.54) is 0 Å². The first-order valence-corrected chi connectivity index (χ1v) is 4.87. The third-order valence-corrected chi connectivity index (χ3v) is 3.28. The molecule has 1 saturated carbocycles. The molecule has 1 unspecified atom stereocenters. The lowest BCUT2D eigenvalue weighted by molar-refractivity contribution is 0.0243. The summed E-state index contributed by atoms with van der Waals surface area (Å²) in [6.45, 7) is 2.00. The second-order valence-electron chi connectivity index (χ2n) is 3.23. The molecule has 12 heavy (non-hydrogen) atoms. The van der Waals surface area contributed by atoms with Gasteiger partial charge in [0.05, 0.1) is 22.8 Å². The van der Waals surface area contributed by atoms with Crippen molar-refractivity contribution in [3.8, 4) is 0 Å². The number of halogens is 1. The van der Waals surface area contributed by atoms with Crippen molar-refractivity contribution in [2.75, 3.05) is 0 Å². The predicted octanol–water partition coefficient (Wildman–Crippen LogP) is 1.65. The van der Waals surface area contributed by atoms with Crippen LogP contribution in [-0.2, 0) is 0 Å². The van der Waals surface area contributed by atoms with Crippen molar-refractivity contribution in [1.29, 1.82) is 0 Å². The van der Waals surface area contributed by atoms with E-state index >= 15 is 0 Å². The third-order valence-electron chi connectivity index (χ3n) is 2.50. The zero-order valence-electron chi connectivity index (χ0n) is 6.87. The Labute approximate surface area is 79.5 Å². The topological polar surface area (TPSA) is 38.0 Å². The number of aromatic nitrogens is 2. The van der Waals surface area contributed by atoms with Crippen LogP contribution in [0.25, 0.3) is 0 Å². The van der Waals surface area contributed by atoms with Gasteiger partial charge >= 0.3 is 0 Å². The minimum Gasteiger partial charge on any atom is -0.391 e. The normalized spacial score (nSPS) is 28.6. The summed E-state index contributed by atoms with van der Waals surface area (Å²) in [5.74, 6) is 0. The van der Waals surface area contributed by atoms with Gasteiger partial charge in [0.2, 0.25) is 0 Å². The van der Waals surface area contributed by atoms with Gasteiger partial charge in [-0.25, -0.2) is 0 Å². The molecule has 4 heteroatoms. The molecule has 0 bridgehead atoms. The van der Waals surface area contributed by atoms with Gasteiger partial charge in [-0.3, -0.25) is 4.68 Å². The van der Waals surface area contributed by atoms with E-state index in [1.54, 1.807) is 6.20 Å². The third kappa shape index (κ3) is 1.10. The maximum atomic E-state index is 9.42. The number of aliphatic hydroxyl groups excluding tert-OH is 1. The Morgan fingerprint density at radius 2 is 2.42 bits per heavy atom. The van der Waals surface area contributed by atoms with Gasteiger partial charge < -0.3 is 5.11 Å². The first-order chi connectivity index (χ1) is 5.70. The van der Waals surface area contributed by atoms with Gasteiger partial charge in [-0.15, -0.1) is 0 Å². The van der Waals surface area contributed by atoms with Crippen molar-refractivity contribution in [2.24, 2.45) is 0 Å². The molecule has 1 aromatic rings. The first-order valence-electron chi connectivity index (χ1n) is 4.08. The molecule has 1 N–H and O–H groups in total. The van der Waals surface area contributed by atoms with Crippen molar-refractivity contribution in [2.45, 2.75) is 31.9 Å². The second-order valence-corrected chi connectivity index (χ2v) is 4.09. The van der Waals surface area contributed by atoms with Gasteiger partial charge in [0.1, 0.15) is 0 Å². The monoisotopic (exact) mass is 230 g/mol. The Balaban J connectivity index is 2.28. The van der Waals surface area contributed by atoms with Crippen LogP contribution in [0.15, 0.2) is 10.7 Å². The zero-order chi connectivity index (χ0) is 8.72. The molecule has 1 fully saturated rings. The van der Waals surface area contributed by atoms with Crippen LogP contribution < -0.4 is 0 Å². The van der Waals surface area contributed by atoms with Gasteiger partial charge in [-0.1, -0.05) is 0 Å². The summed E-state index contributed by atoms with van der Waals surface area (Å²) in [6.07, 6.45) is 3.52. The van der Waals surface area contributed by atoms with E-state index in [0.29, 0.717) is 0 Å². The molecule has 0 saturated heterocycles. The van der Waals surface area contributed by atoms with Gasteiger partial charge in [-0.2, -0.15) is 5.10 Å². The van der Waals surface area contributed by atoms with Gasteiger partial charge in [0.15, 0.2) is 0 Å². The molecule has 2 atom stereocenters. The van der Waals surface area contributed by atoms with Gasteiger partial charge in [-0.05, 0) is 35.7 Å². The molecular formula is C8H11BrN2O. The zero-order valence-corrected chi connectivity index (χ0v) is 8.45. The van der Waals surface area contributed by atoms with Crippen LogP contribution in [0.5, 0.6) is 0 Å². The van der Waals surface area contributed by atoms with Crippen LogP contribution in [0.2, 0.25) is 0 Å². The lowest BCUT2D eigenvalue weighted by Crippen LogP contribution is -2.34. The number of rotatable bonds is 1. The Morgan fingerprint density at radius 3 is 2.75 bits per heavy atom. The molecule has 1 aliphatic rings. The number of aliphatic hydroxyl groups is 1. The molecule has 0 spiro atoms. The van der Waals surface area contributed by atoms with Crippen molar-refractivity contribution in [1.82, 2.24) is 9.78 Å². The maximum Gasteiger partial charge on any atom is 0.0782 e. The summed E-state index contributed by atoms with van der Waals surface area (Å²) >= 11 is 3.39. The highest BCUT2D eigenvalue weighted by molar-refractivity contribution is 9.10. The SMILES string of the molecule is Cc1c(Br)cnn1C1CC[C@@H]1O. The number of nitrogens with zero attached hydrogens (tertiary/aromatic N) is 2. The van der Waals surface area contributed by atoms with Crippen molar-refractivity contribution >= 4 is 15.9 Å². The van der Waals surface area contributed by atoms with Crippen LogP contribution in [0.4, 0.5) is 0 Å². The van der Waals surface area contributed by atoms with E-state index in [0.717, 1.165) is 23.0 Å². The van der Waals surface area contributed by atoms with E-state index in [9.17, 15) is 5.11 Å². The Morgan fingerprint density at radius 1 is 1.67 bits per heavy atom. The largest absolute Gasteiger partial charge is 0.391 e. The average Bonchev–Trinajstić information content (AvgIpc) is 2.34. The summed E-state index contributed by atoms with van der Waals surface area (Å²) in [7, 11) is 0. The van der Waals surface area contributed by atoms with Crippen molar-refractivity contribution < 1.29 is 5.11 Å². The summed E-state index contributed by atoms with van der Waals surface area (Å²) in [5, 5.41) is 13.6. The minimum atomic E-state index is -0.199. The number of hydrogen-bond donors (Lipinski definition) is 1. The molecule has 66 valence electrons. The van der Waals surface area contributed by atoms with Crippen LogP contribution in [-0.4, -0.2) is 21.0 Å². The fraction of sp³-hybridized carbons (Fsp3) is 0.625. The molecular weight excluding hydrogens is 220 g/mol. The lowest BCUT2D eigenvalue weighted by atomic mass is 9.89. The average molecular weight is 231 g/mol. The highest BCUT2D eigenvalue weighted by atomic mass is 79.9. The van der Waals surface area contributed by atoms with E-state index in [2.05, 4.69) is 21.0 Å². The van der Waals surface area contributed by atoms with Crippen LogP contribution in [0.3, 0.4) is 0 Å². The lowest BCUT2D eigenvalue weighted by Gasteiger charge is -2.33. The van der Waals surface area contributed by atoms with Crippen molar-refractivity contribution in [3.63, 3.8) is 0 Å². The number of hydrogen-bond acceptors (Lipinski definition) is 2. The maximum absolute atomic E-state index is 9.42. The molecule has 2 rings (SSSR count). The van der Waals surface area contributed by atoms with Gasteiger partial charge in [0.25, 0.3) is 0 Å². The molecule has 1 aromatic heterocycles. The fourth-order valence-electron chi connectivity index (χ4n) is 1.49. The second kappa shape index (κ2) is 2.85. The van der Waals surface area contributed by atoms with E-state index in [-0.39, 0.29) is 12.1 Å². The van der Waals surface area contributed by atoms with E-state index < -0.39 is 0 Å². The summed E-state index contributed by atoms with van der Waals surface area (Å²) in [6, 6.07) is 0.205. The van der Waals surface area contributed by atoms with E-state index in [1.807, 2.05) is 11.6 Å². The standard InChI is InChI=1S/C8H11BrN2O/c1-5-6(9)4-10-11(5)7-2-3-8(7)12/h4,7-8,12H,2-3H2,1H3/t7?,8-/m0/s1. The van der Waals surface area contributed by atoms with Crippen LogP contribution in [0.1, 0.15) is 24.6 Å². The smallest absolute Gasteiger partial charge is 0.0782 e. The Bertz CT molecular complexity index is 297. The Kier molecular flexibility index (Phi) is 1.96. The molecule has 0 aliphatic heterocycles. The van der Waals surface area contributed by atoms with Crippen LogP contribution >= 0.6 is 15.9 Å². The highest BCUT2D eigenvalue weighted by Crippen LogP contribution is 2.33. The molecule has 1 aliphatic carbocycles. The first kappa shape index (κ1) is 8.26. The quantitative estimate of drug-likeness (QED) is 0.797. The Hall–Kier alpha value is -0.350. The summed E-state index contributed by atoms with van der Waals surface area (Å²) < 4.78 is 2.92. The predicted molar refractivity (Wildman–Crippen MR) is 48.9 cm³/mol. The molecule has 3 nitrogen and oxygen atoms in total. The molecule has 0 radical (unpaired) electrons. The molecule has 1 heterocycles.